The summed E-state index contributed by atoms with van der Waals surface area (Å²) in [6, 6.07) is 15.8. The van der Waals surface area contributed by atoms with Crippen LogP contribution in [0.1, 0.15) is 16.9 Å². The van der Waals surface area contributed by atoms with Crippen molar-refractivity contribution >= 4 is 0 Å². The number of methoxy groups -OCH3 is 1. The summed E-state index contributed by atoms with van der Waals surface area (Å²) in [6.07, 6.45) is 1.65. The summed E-state index contributed by atoms with van der Waals surface area (Å²) >= 11 is 0. The first-order valence-corrected chi connectivity index (χ1v) is 8.02. The number of hydrogen-bond acceptors (Lipinski definition) is 4. The monoisotopic (exact) mass is 376 g/mol. The van der Waals surface area contributed by atoms with Crippen LogP contribution in [0.2, 0.25) is 0 Å². The van der Waals surface area contributed by atoms with Gasteiger partial charge in [0.05, 0.1) is 19.9 Å². The maximum absolute atomic E-state index is 13.0. The minimum absolute atomic E-state index is 0. The summed E-state index contributed by atoms with van der Waals surface area (Å²) in [4.78, 5) is 0. The zero-order chi connectivity index (χ0) is 17.5. The van der Waals surface area contributed by atoms with Gasteiger partial charge >= 0.3 is 0 Å². The number of halogens is 2. The summed E-state index contributed by atoms with van der Waals surface area (Å²) in [6.45, 7) is 1.57. The molecule has 6 heteroatoms. The molecule has 1 aromatic heterocycles. The van der Waals surface area contributed by atoms with Gasteiger partial charge in [-0.25, -0.2) is 4.39 Å². The van der Waals surface area contributed by atoms with Crippen LogP contribution in [-0.4, -0.2) is 7.11 Å². The fourth-order valence-electron chi connectivity index (χ4n) is 2.49. The first-order chi connectivity index (χ1) is 12.3. The number of hydrogen-bond donors (Lipinski definition) is 1. The van der Waals surface area contributed by atoms with Crippen molar-refractivity contribution in [2.75, 3.05) is 7.11 Å². The molecule has 0 amide bonds. The minimum atomic E-state index is -0.260. The average Bonchev–Trinajstić information content (AvgIpc) is 3.15. The van der Waals surface area contributed by atoms with Crippen molar-refractivity contribution in [1.82, 2.24) is 5.32 Å². The Morgan fingerprint density at radius 2 is 1.81 bits per heavy atom. The number of para-hydroxylation sites is 1. The molecule has 26 heavy (non-hydrogen) atoms. The normalized spacial score (nSPS) is 10.2. The van der Waals surface area contributed by atoms with Crippen LogP contribution in [0, 0.1) is 5.82 Å². The molecule has 1 N–H and O–H groups in total. The van der Waals surface area contributed by atoms with Crippen LogP contribution < -0.4 is 27.2 Å². The lowest BCUT2D eigenvalue weighted by Gasteiger charge is -2.15. The van der Waals surface area contributed by atoms with Crippen LogP contribution in [0.3, 0.4) is 0 Å². The third-order valence-electron chi connectivity index (χ3n) is 3.77. The lowest BCUT2D eigenvalue weighted by Crippen LogP contribution is -3.00. The van der Waals surface area contributed by atoms with E-state index in [0.717, 1.165) is 16.9 Å². The molecule has 3 rings (SSSR count). The van der Waals surface area contributed by atoms with Crippen molar-refractivity contribution in [2.24, 2.45) is 0 Å². The van der Waals surface area contributed by atoms with E-state index in [-0.39, 0.29) is 18.2 Å². The maximum Gasteiger partial charge on any atom is 0.166 e. The number of nitrogens with one attached hydrogen (secondary N) is 1. The molecule has 0 aliphatic rings. The third kappa shape index (κ3) is 5.25. The Balaban J connectivity index is 0.00000243. The van der Waals surface area contributed by atoms with E-state index < -0.39 is 0 Å². The van der Waals surface area contributed by atoms with Crippen LogP contribution in [0.5, 0.6) is 11.5 Å². The highest BCUT2D eigenvalue weighted by Crippen LogP contribution is 2.31. The molecule has 2 aromatic carbocycles. The van der Waals surface area contributed by atoms with Crippen LogP contribution in [0.25, 0.3) is 0 Å². The molecule has 3 aromatic rings. The molecule has 1 heterocycles. The highest BCUT2D eigenvalue weighted by molar-refractivity contribution is 5.46. The highest BCUT2D eigenvalue weighted by atomic mass is 35.5. The van der Waals surface area contributed by atoms with Gasteiger partial charge in [-0.05, 0) is 35.9 Å². The van der Waals surface area contributed by atoms with Gasteiger partial charge in [0.1, 0.15) is 18.2 Å². The van der Waals surface area contributed by atoms with Gasteiger partial charge in [0.15, 0.2) is 11.5 Å². The Kier molecular flexibility index (Phi) is 7.51. The van der Waals surface area contributed by atoms with Crippen LogP contribution >= 0.6 is 0 Å². The van der Waals surface area contributed by atoms with E-state index in [1.54, 1.807) is 25.5 Å². The second-order valence-electron chi connectivity index (χ2n) is 5.55. The minimum Gasteiger partial charge on any atom is -1.00 e. The predicted molar refractivity (Wildman–Crippen MR) is 93.0 cm³/mol. The van der Waals surface area contributed by atoms with E-state index in [2.05, 4.69) is 5.32 Å². The second-order valence-corrected chi connectivity index (χ2v) is 5.55. The highest BCUT2D eigenvalue weighted by Gasteiger charge is 2.11. The Morgan fingerprint density at radius 1 is 1.00 bits per heavy atom. The molecule has 0 fully saturated rings. The molecule has 0 aliphatic heterocycles. The van der Waals surface area contributed by atoms with Gasteiger partial charge in [-0.1, -0.05) is 24.3 Å². The van der Waals surface area contributed by atoms with Gasteiger partial charge in [0, 0.05) is 12.1 Å². The van der Waals surface area contributed by atoms with Gasteiger partial charge in [-0.3, -0.25) is 0 Å². The Labute approximate surface area is 158 Å². The molecule has 0 spiro atoms. The van der Waals surface area contributed by atoms with Crippen LogP contribution in [0.4, 0.5) is 4.39 Å². The Bertz CT molecular complexity index is 791. The zero-order valence-electron chi connectivity index (χ0n) is 14.4. The van der Waals surface area contributed by atoms with Crippen molar-refractivity contribution in [3.05, 3.63) is 83.6 Å². The van der Waals surface area contributed by atoms with Gasteiger partial charge in [-0.15, -0.1) is 0 Å². The molecule has 0 radical (unpaired) electrons. The molecule has 0 saturated heterocycles. The predicted octanol–water partition coefficient (Wildman–Crippen LogP) is 1.30. The quantitative estimate of drug-likeness (QED) is 0.643. The molecule has 0 saturated carbocycles. The van der Waals surface area contributed by atoms with Gasteiger partial charge < -0.3 is 31.6 Å². The SMILES string of the molecule is COc1cccc(CNCc2ccco2)c1OCc1ccc(F)cc1.[Cl-]. The first kappa shape index (κ1) is 19.8. The lowest BCUT2D eigenvalue weighted by atomic mass is 10.1. The molecule has 0 aliphatic carbocycles. The van der Waals surface area contributed by atoms with Crippen LogP contribution in [-0.2, 0) is 19.7 Å². The van der Waals surface area contributed by atoms with Crippen LogP contribution in [0.15, 0.2) is 65.3 Å². The Hall–Kier alpha value is -2.50. The Morgan fingerprint density at radius 3 is 2.50 bits per heavy atom. The smallest absolute Gasteiger partial charge is 0.166 e. The van der Waals surface area contributed by atoms with E-state index in [1.165, 1.54) is 12.1 Å². The fraction of sp³-hybridized carbons (Fsp3) is 0.200. The second kappa shape index (κ2) is 9.85. The van der Waals surface area contributed by atoms with E-state index in [0.29, 0.717) is 31.2 Å². The fourth-order valence-corrected chi connectivity index (χ4v) is 2.49. The van der Waals surface area contributed by atoms with Gasteiger partial charge in [-0.2, -0.15) is 0 Å². The molecule has 138 valence electrons. The molecule has 4 nitrogen and oxygen atoms in total. The maximum atomic E-state index is 13.0. The number of rotatable bonds is 8. The number of furan rings is 1. The lowest BCUT2D eigenvalue weighted by molar-refractivity contribution is -0.00000673. The van der Waals surface area contributed by atoms with E-state index in [4.69, 9.17) is 13.9 Å². The topological polar surface area (TPSA) is 43.6 Å². The molecule has 0 unspecified atom stereocenters. The van der Waals surface area contributed by atoms with Crippen molar-refractivity contribution in [3.8, 4) is 11.5 Å². The summed E-state index contributed by atoms with van der Waals surface area (Å²) in [7, 11) is 1.61. The number of benzene rings is 2. The average molecular weight is 377 g/mol. The summed E-state index contributed by atoms with van der Waals surface area (Å²) in [5.41, 5.74) is 1.87. The first-order valence-electron chi connectivity index (χ1n) is 8.02. The molecule has 0 bridgehead atoms. The van der Waals surface area contributed by atoms with Crippen molar-refractivity contribution in [2.45, 2.75) is 19.7 Å². The standard InChI is InChI=1S/C20H20FNO3.ClH/c1-23-19-6-2-4-16(12-22-13-18-5-3-11-24-18)20(19)25-14-15-7-9-17(21)10-8-15;/h2-11,22H,12-14H2,1H3;1H/p-1. The van der Waals surface area contributed by atoms with E-state index in [9.17, 15) is 4.39 Å². The summed E-state index contributed by atoms with van der Waals surface area (Å²) in [5, 5.41) is 3.32. The molecular weight excluding hydrogens is 357 g/mol. The van der Waals surface area contributed by atoms with Crippen molar-refractivity contribution in [3.63, 3.8) is 0 Å². The summed E-state index contributed by atoms with van der Waals surface area (Å²) < 4.78 is 29.7. The molecular formula is C20H20ClFNO3-. The van der Waals surface area contributed by atoms with Crippen molar-refractivity contribution in [1.29, 1.82) is 0 Å². The third-order valence-corrected chi connectivity index (χ3v) is 3.77. The largest absolute Gasteiger partial charge is 1.00 e. The van der Waals surface area contributed by atoms with Gasteiger partial charge in [0.25, 0.3) is 0 Å². The van der Waals surface area contributed by atoms with E-state index >= 15 is 0 Å². The summed E-state index contributed by atoms with van der Waals surface area (Å²) in [5.74, 6) is 1.96. The van der Waals surface area contributed by atoms with Crippen molar-refractivity contribution < 1.29 is 30.7 Å². The zero-order valence-corrected chi connectivity index (χ0v) is 15.1. The molecule has 0 atom stereocenters. The number of ether oxygens (including phenoxy) is 2. The van der Waals surface area contributed by atoms with E-state index in [1.807, 2.05) is 30.3 Å². The van der Waals surface area contributed by atoms with Gasteiger partial charge in [0.2, 0.25) is 0 Å².